The summed E-state index contributed by atoms with van der Waals surface area (Å²) in [6, 6.07) is 15.2. The highest BCUT2D eigenvalue weighted by Crippen LogP contribution is 2.32. The van der Waals surface area contributed by atoms with Crippen LogP contribution >= 0.6 is 0 Å². The number of aromatic nitrogens is 2. The first-order valence-electron chi connectivity index (χ1n) is 10.9. The van der Waals surface area contributed by atoms with E-state index in [0.717, 1.165) is 24.9 Å². The van der Waals surface area contributed by atoms with Gasteiger partial charge in [-0.25, -0.2) is 14.4 Å². The topological polar surface area (TPSA) is 87.2 Å². The summed E-state index contributed by atoms with van der Waals surface area (Å²) in [4.78, 5) is 36.5. The number of carbonyl (C=O) groups excluding carboxylic acids is 2. The third kappa shape index (κ3) is 5.78. The smallest absolute Gasteiger partial charge is 0.255 e. The van der Waals surface area contributed by atoms with E-state index in [9.17, 15) is 14.0 Å². The van der Waals surface area contributed by atoms with Gasteiger partial charge in [0.25, 0.3) is 5.91 Å². The standard InChI is InChI=1S/C25H26FN5O2/c1-17-27-15-21(25(33)28-14-18-6-3-2-4-7-18)24(29-17)22-8-5-13-31(22)16-23(32)30-20-11-9-19(26)10-12-20/h2-4,6-7,9-12,15,22H,5,8,13-14,16H2,1H3,(H,28,33)(H,30,32)/t22-/m1/s1. The van der Waals surface area contributed by atoms with E-state index in [1.165, 1.54) is 24.3 Å². The molecule has 170 valence electrons. The van der Waals surface area contributed by atoms with E-state index < -0.39 is 0 Å². The molecule has 1 aliphatic rings. The fourth-order valence-corrected chi connectivity index (χ4v) is 4.03. The monoisotopic (exact) mass is 447 g/mol. The van der Waals surface area contributed by atoms with Crippen LogP contribution in [-0.2, 0) is 11.3 Å². The van der Waals surface area contributed by atoms with Crippen molar-refractivity contribution in [2.24, 2.45) is 0 Å². The number of benzene rings is 2. The lowest BCUT2D eigenvalue weighted by Gasteiger charge is -2.25. The van der Waals surface area contributed by atoms with E-state index in [4.69, 9.17) is 0 Å². The van der Waals surface area contributed by atoms with Gasteiger partial charge in [-0.15, -0.1) is 0 Å². The minimum atomic E-state index is -0.357. The van der Waals surface area contributed by atoms with Gasteiger partial charge in [0, 0.05) is 18.4 Å². The molecule has 2 N–H and O–H groups in total. The minimum Gasteiger partial charge on any atom is -0.348 e. The number of nitrogens with zero attached hydrogens (tertiary/aromatic N) is 3. The number of anilines is 1. The molecule has 0 bridgehead atoms. The van der Waals surface area contributed by atoms with Crippen molar-refractivity contribution in [2.45, 2.75) is 32.4 Å². The second kappa shape index (κ2) is 10.3. The Labute approximate surface area is 192 Å². The Hall–Kier alpha value is -3.65. The maximum Gasteiger partial charge on any atom is 0.255 e. The van der Waals surface area contributed by atoms with Crippen molar-refractivity contribution >= 4 is 17.5 Å². The number of rotatable bonds is 7. The molecule has 0 aliphatic carbocycles. The molecule has 7 nitrogen and oxygen atoms in total. The van der Waals surface area contributed by atoms with Crippen molar-refractivity contribution < 1.29 is 14.0 Å². The molecule has 3 aromatic rings. The summed E-state index contributed by atoms with van der Waals surface area (Å²) in [5.74, 6) is -0.220. The number of halogens is 1. The second-order valence-corrected chi connectivity index (χ2v) is 8.07. The van der Waals surface area contributed by atoms with Gasteiger partial charge in [-0.05, 0) is 56.1 Å². The SMILES string of the molecule is Cc1ncc(C(=O)NCc2ccccc2)c([C@H]2CCCN2CC(=O)Nc2ccc(F)cc2)n1. The number of likely N-dealkylation sites (tertiary alicyclic amines) is 1. The Morgan fingerprint density at radius 3 is 2.64 bits per heavy atom. The van der Waals surface area contributed by atoms with Crippen LogP contribution < -0.4 is 10.6 Å². The van der Waals surface area contributed by atoms with Crippen LogP contribution in [0.25, 0.3) is 0 Å². The third-order valence-corrected chi connectivity index (χ3v) is 5.63. The Kier molecular flexibility index (Phi) is 7.04. The first-order chi connectivity index (χ1) is 16.0. The van der Waals surface area contributed by atoms with E-state index in [1.807, 2.05) is 35.2 Å². The summed E-state index contributed by atoms with van der Waals surface area (Å²) in [6.45, 7) is 3.06. The molecule has 4 rings (SSSR count). The summed E-state index contributed by atoms with van der Waals surface area (Å²) in [6.07, 6.45) is 3.24. The van der Waals surface area contributed by atoms with Crippen LogP contribution in [0.1, 0.15) is 46.3 Å². The largest absolute Gasteiger partial charge is 0.348 e. The number of hydrogen-bond donors (Lipinski definition) is 2. The van der Waals surface area contributed by atoms with Gasteiger partial charge in [0.15, 0.2) is 0 Å². The Morgan fingerprint density at radius 2 is 1.88 bits per heavy atom. The van der Waals surface area contributed by atoms with E-state index >= 15 is 0 Å². The van der Waals surface area contributed by atoms with Crippen molar-refractivity contribution in [3.8, 4) is 0 Å². The molecule has 1 aromatic heterocycles. The lowest BCUT2D eigenvalue weighted by atomic mass is 10.0. The molecule has 2 aromatic carbocycles. The Morgan fingerprint density at radius 1 is 1.12 bits per heavy atom. The molecule has 2 heterocycles. The molecule has 1 aliphatic heterocycles. The Bertz CT molecular complexity index is 1120. The van der Waals surface area contributed by atoms with Crippen molar-refractivity contribution in [3.63, 3.8) is 0 Å². The fraction of sp³-hybridized carbons (Fsp3) is 0.280. The van der Waals surface area contributed by atoms with E-state index in [2.05, 4.69) is 20.6 Å². The second-order valence-electron chi connectivity index (χ2n) is 8.07. The Balaban J connectivity index is 1.47. The number of carbonyl (C=O) groups is 2. The van der Waals surface area contributed by atoms with Gasteiger partial charge in [-0.1, -0.05) is 30.3 Å². The lowest BCUT2D eigenvalue weighted by Crippen LogP contribution is -2.35. The molecule has 0 radical (unpaired) electrons. The first-order valence-corrected chi connectivity index (χ1v) is 10.9. The third-order valence-electron chi connectivity index (χ3n) is 5.63. The van der Waals surface area contributed by atoms with Crippen molar-refractivity contribution in [1.82, 2.24) is 20.2 Å². The van der Waals surface area contributed by atoms with E-state index in [1.54, 1.807) is 13.1 Å². The van der Waals surface area contributed by atoms with Crippen LogP contribution in [0.3, 0.4) is 0 Å². The zero-order valence-corrected chi connectivity index (χ0v) is 18.4. The fourth-order valence-electron chi connectivity index (χ4n) is 4.03. The van der Waals surface area contributed by atoms with E-state index in [-0.39, 0.29) is 30.2 Å². The van der Waals surface area contributed by atoms with Gasteiger partial charge in [-0.2, -0.15) is 0 Å². The molecule has 1 fully saturated rings. The average molecular weight is 448 g/mol. The van der Waals surface area contributed by atoms with Crippen LogP contribution in [0, 0.1) is 12.7 Å². The van der Waals surface area contributed by atoms with Gasteiger partial charge in [0.1, 0.15) is 11.6 Å². The van der Waals surface area contributed by atoms with Crippen molar-refractivity contribution in [1.29, 1.82) is 0 Å². The maximum absolute atomic E-state index is 13.1. The maximum atomic E-state index is 13.1. The summed E-state index contributed by atoms with van der Waals surface area (Å²) >= 11 is 0. The quantitative estimate of drug-likeness (QED) is 0.578. The van der Waals surface area contributed by atoms with Gasteiger partial charge >= 0.3 is 0 Å². The minimum absolute atomic E-state index is 0.149. The number of nitrogens with one attached hydrogen (secondary N) is 2. The van der Waals surface area contributed by atoms with Gasteiger partial charge in [-0.3, -0.25) is 14.5 Å². The molecule has 1 atom stereocenters. The first kappa shape index (κ1) is 22.5. The number of amides is 2. The van der Waals surface area contributed by atoms with E-state index in [0.29, 0.717) is 29.3 Å². The normalized spacial score (nSPS) is 15.9. The zero-order valence-electron chi connectivity index (χ0n) is 18.4. The summed E-state index contributed by atoms with van der Waals surface area (Å²) < 4.78 is 13.1. The van der Waals surface area contributed by atoms with Gasteiger partial charge in [0.2, 0.25) is 5.91 Å². The predicted molar refractivity (Wildman–Crippen MR) is 123 cm³/mol. The average Bonchev–Trinajstić information content (AvgIpc) is 3.27. The molecule has 2 amide bonds. The van der Waals surface area contributed by atoms with Crippen molar-refractivity contribution in [3.05, 3.63) is 89.3 Å². The molecule has 0 spiro atoms. The summed E-state index contributed by atoms with van der Waals surface area (Å²) in [7, 11) is 0. The zero-order chi connectivity index (χ0) is 23.2. The molecule has 0 saturated carbocycles. The molecule has 33 heavy (non-hydrogen) atoms. The van der Waals surface area contributed by atoms with Gasteiger partial charge < -0.3 is 10.6 Å². The summed E-state index contributed by atoms with van der Waals surface area (Å²) in [5.41, 5.74) is 2.60. The van der Waals surface area contributed by atoms with Gasteiger partial charge in [0.05, 0.1) is 23.8 Å². The number of aryl methyl sites for hydroxylation is 1. The number of hydrogen-bond acceptors (Lipinski definition) is 5. The molecule has 1 saturated heterocycles. The molecule has 0 unspecified atom stereocenters. The molecule has 8 heteroatoms. The highest BCUT2D eigenvalue weighted by Gasteiger charge is 2.32. The van der Waals surface area contributed by atoms with Crippen LogP contribution in [0.5, 0.6) is 0 Å². The van der Waals surface area contributed by atoms with Crippen LogP contribution in [-0.4, -0.2) is 39.8 Å². The highest BCUT2D eigenvalue weighted by atomic mass is 19.1. The van der Waals surface area contributed by atoms with Crippen LogP contribution in [0.2, 0.25) is 0 Å². The molecular formula is C25H26FN5O2. The van der Waals surface area contributed by atoms with Crippen LogP contribution in [0.15, 0.2) is 60.8 Å². The summed E-state index contributed by atoms with van der Waals surface area (Å²) in [5, 5.41) is 5.74. The molecular weight excluding hydrogens is 421 g/mol. The predicted octanol–water partition coefficient (Wildman–Crippen LogP) is 3.63. The lowest BCUT2D eigenvalue weighted by molar-refractivity contribution is -0.117. The van der Waals surface area contributed by atoms with Crippen LogP contribution in [0.4, 0.5) is 10.1 Å². The highest BCUT2D eigenvalue weighted by molar-refractivity contribution is 5.95. The van der Waals surface area contributed by atoms with Crippen molar-refractivity contribution in [2.75, 3.05) is 18.4 Å².